The van der Waals surface area contributed by atoms with E-state index in [4.69, 9.17) is 0 Å². The minimum absolute atomic E-state index is 0.00540. The van der Waals surface area contributed by atoms with Crippen LogP contribution in [-0.2, 0) is 4.79 Å². The lowest BCUT2D eigenvalue weighted by Gasteiger charge is -2.26. The molecule has 0 spiro atoms. The lowest BCUT2D eigenvalue weighted by atomic mass is 10.1. The van der Waals surface area contributed by atoms with Crippen molar-refractivity contribution in [2.45, 2.75) is 50.6 Å². The maximum Gasteiger partial charge on any atom is 0.251 e. The van der Waals surface area contributed by atoms with E-state index in [0.29, 0.717) is 12.0 Å². The number of carbonyl (C=O) groups is 2. The molecular formula is C19H25N3O2. The molecule has 24 heavy (non-hydrogen) atoms. The summed E-state index contributed by atoms with van der Waals surface area (Å²) in [6, 6.07) is 8.49. The van der Waals surface area contributed by atoms with Gasteiger partial charge in [-0.1, -0.05) is 0 Å². The average molecular weight is 327 g/mol. The number of nitrogens with zero attached hydrogens (tertiary/aromatic N) is 2. The van der Waals surface area contributed by atoms with Gasteiger partial charge in [-0.2, -0.15) is 0 Å². The molecular weight excluding hydrogens is 302 g/mol. The van der Waals surface area contributed by atoms with Crippen molar-refractivity contribution in [2.75, 3.05) is 24.5 Å². The molecule has 1 saturated carbocycles. The molecule has 3 aliphatic rings. The van der Waals surface area contributed by atoms with Crippen molar-refractivity contribution in [3.8, 4) is 0 Å². The predicted octanol–water partition coefficient (Wildman–Crippen LogP) is 2.17. The summed E-state index contributed by atoms with van der Waals surface area (Å²) in [4.78, 5) is 28.7. The number of carbonyl (C=O) groups excluding carboxylic acids is 2. The van der Waals surface area contributed by atoms with Crippen LogP contribution in [0.5, 0.6) is 0 Å². The van der Waals surface area contributed by atoms with Crippen molar-refractivity contribution >= 4 is 17.5 Å². The summed E-state index contributed by atoms with van der Waals surface area (Å²) in [5.74, 6) is 0.179. The van der Waals surface area contributed by atoms with Crippen LogP contribution >= 0.6 is 0 Å². The molecule has 2 aliphatic heterocycles. The Morgan fingerprint density at radius 2 is 1.83 bits per heavy atom. The van der Waals surface area contributed by atoms with Gasteiger partial charge < -0.3 is 10.2 Å². The van der Waals surface area contributed by atoms with Crippen molar-refractivity contribution < 1.29 is 9.59 Å². The minimum atomic E-state index is -0.00540. The number of hydrogen-bond acceptors (Lipinski definition) is 3. The van der Waals surface area contributed by atoms with Crippen LogP contribution in [0.4, 0.5) is 5.69 Å². The Morgan fingerprint density at radius 1 is 1.04 bits per heavy atom. The number of benzene rings is 1. The SMILES string of the molecule is O=C(NC1CCN(C2CC2)C1)c1ccc(N2CCCCC2=O)cc1. The number of piperidine rings is 1. The van der Waals surface area contributed by atoms with Crippen molar-refractivity contribution in [1.29, 1.82) is 0 Å². The van der Waals surface area contributed by atoms with Crippen LogP contribution < -0.4 is 10.2 Å². The van der Waals surface area contributed by atoms with Gasteiger partial charge in [-0.25, -0.2) is 0 Å². The van der Waals surface area contributed by atoms with Crippen LogP contribution in [0, 0.1) is 0 Å². The second-order valence-electron chi connectivity index (χ2n) is 7.23. The van der Waals surface area contributed by atoms with Crippen molar-refractivity contribution in [2.24, 2.45) is 0 Å². The molecule has 0 aromatic heterocycles. The second-order valence-corrected chi connectivity index (χ2v) is 7.23. The van der Waals surface area contributed by atoms with Crippen LogP contribution in [0.15, 0.2) is 24.3 Å². The lowest BCUT2D eigenvalue weighted by molar-refractivity contribution is -0.119. The third-order valence-electron chi connectivity index (χ3n) is 5.38. The molecule has 128 valence electrons. The molecule has 3 fully saturated rings. The highest BCUT2D eigenvalue weighted by atomic mass is 16.2. The smallest absolute Gasteiger partial charge is 0.251 e. The Labute approximate surface area is 143 Å². The molecule has 1 atom stereocenters. The summed E-state index contributed by atoms with van der Waals surface area (Å²) in [7, 11) is 0. The molecule has 2 heterocycles. The molecule has 2 saturated heterocycles. The zero-order valence-corrected chi connectivity index (χ0v) is 14.0. The summed E-state index contributed by atoms with van der Waals surface area (Å²) < 4.78 is 0. The molecule has 1 N–H and O–H groups in total. The second kappa shape index (κ2) is 6.55. The van der Waals surface area contributed by atoms with Gasteiger partial charge in [0.15, 0.2) is 0 Å². The zero-order valence-electron chi connectivity index (χ0n) is 14.0. The summed E-state index contributed by atoms with van der Waals surface area (Å²) in [5.41, 5.74) is 1.57. The fraction of sp³-hybridized carbons (Fsp3) is 0.579. The van der Waals surface area contributed by atoms with E-state index < -0.39 is 0 Å². The van der Waals surface area contributed by atoms with E-state index in [2.05, 4.69) is 10.2 Å². The van der Waals surface area contributed by atoms with Crippen molar-refractivity contribution in [3.63, 3.8) is 0 Å². The Balaban J connectivity index is 1.35. The van der Waals surface area contributed by atoms with E-state index in [0.717, 1.165) is 50.6 Å². The molecule has 1 unspecified atom stereocenters. The first kappa shape index (κ1) is 15.6. The Morgan fingerprint density at radius 3 is 2.54 bits per heavy atom. The fourth-order valence-corrected chi connectivity index (χ4v) is 3.82. The van der Waals surface area contributed by atoms with Gasteiger partial charge in [0.25, 0.3) is 5.91 Å². The third-order valence-corrected chi connectivity index (χ3v) is 5.38. The van der Waals surface area contributed by atoms with Crippen LogP contribution in [0.25, 0.3) is 0 Å². The molecule has 1 aromatic rings. The maximum absolute atomic E-state index is 12.4. The molecule has 0 bridgehead atoms. The van der Waals surface area contributed by atoms with Gasteiger partial charge in [-0.05, 0) is 56.4 Å². The largest absolute Gasteiger partial charge is 0.348 e. The summed E-state index contributed by atoms with van der Waals surface area (Å²) >= 11 is 0. The first-order valence-corrected chi connectivity index (χ1v) is 9.16. The number of likely N-dealkylation sites (tertiary alicyclic amines) is 1. The first-order chi connectivity index (χ1) is 11.7. The van der Waals surface area contributed by atoms with E-state index in [1.807, 2.05) is 29.2 Å². The highest BCUT2D eigenvalue weighted by Crippen LogP contribution is 2.30. The average Bonchev–Trinajstić information content (AvgIpc) is 3.35. The predicted molar refractivity (Wildman–Crippen MR) is 93.1 cm³/mol. The van der Waals surface area contributed by atoms with Crippen LogP contribution in [-0.4, -0.2) is 48.4 Å². The first-order valence-electron chi connectivity index (χ1n) is 9.16. The van der Waals surface area contributed by atoms with E-state index in [9.17, 15) is 9.59 Å². The standard InChI is InChI=1S/C19H25N3O2/c23-18-3-1-2-11-22(18)17-6-4-14(5-7-17)19(24)20-15-10-12-21(13-15)16-8-9-16/h4-7,15-16H,1-3,8-13H2,(H,20,24). The van der Waals surface area contributed by atoms with Crippen molar-refractivity contribution in [1.82, 2.24) is 10.2 Å². The third kappa shape index (κ3) is 3.31. The van der Waals surface area contributed by atoms with Gasteiger partial charge in [0.2, 0.25) is 5.91 Å². The Hall–Kier alpha value is -1.88. The van der Waals surface area contributed by atoms with Crippen molar-refractivity contribution in [3.05, 3.63) is 29.8 Å². The van der Waals surface area contributed by atoms with Crippen LogP contribution in [0.2, 0.25) is 0 Å². The monoisotopic (exact) mass is 327 g/mol. The number of nitrogens with one attached hydrogen (secondary N) is 1. The van der Waals surface area contributed by atoms with E-state index >= 15 is 0 Å². The molecule has 1 aliphatic carbocycles. The number of hydrogen-bond donors (Lipinski definition) is 1. The molecule has 5 nitrogen and oxygen atoms in total. The maximum atomic E-state index is 12.4. The number of anilines is 1. The van der Waals surface area contributed by atoms with Crippen LogP contribution in [0.1, 0.15) is 48.9 Å². The lowest BCUT2D eigenvalue weighted by Crippen LogP contribution is -2.37. The van der Waals surface area contributed by atoms with Gasteiger partial charge in [-0.15, -0.1) is 0 Å². The fourth-order valence-electron chi connectivity index (χ4n) is 3.82. The van der Waals surface area contributed by atoms with Gasteiger partial charge in [0, 0.05) is 49.4 Å². The summed E-state index contributed by atoms with van der Waals surface area (Å²) in [6.07, 6.45) is 6.33. The normalized spacial score (nSPS) is 25.1. The molecule has 0 radical (unpaired) electrons. The quantitative estimate of drug-likeness (QED) is 0.922. The van der Waals surface area contributed by atoms with Gasteiger partial charge in [-0.3, -0.25) is 14.5 Å². The van der Waals surface area contributed by atoms with Crippen LogP contribution in [0.3, 0.4) is 0 Å². The highest BCUT2D eigenvalue weighted by molar-refractivity contribution is 5.97. The minimum Gasteiger partial charge on any atom is -0.348 e. The van der Waals surface area contributed by atoms with E-state index in [1.54, 1.807) is 0 Å². The van der Waals surface area contributed by atoms with Gasteiger partial charge in [0.05, 0.1) is 0 Å². The highest BCUT2D eigenvalue weighted by Gasteiger charge is 2.34. The molecule has 2 amide bonds. The molecule has 4 rings (SSSR count). The summed E-state index contributed by atoms with van der Waals surface area (Å²) in [5, 5.41) is 3.15. The molecule has 1 aromatic carbocycles. The Kier molecular flexibility index (Phi) is 4.27. The number of amides is 2. The van der Waals surface area contributed by atoms with Gasteiger partial charge in [0.1, 0.15) is 0 Å². The van der Waals surface area contributed by atoms with E-state index in [-0.39, 0.29) is 17.9 Å². The van der Waals surface area contributed by atoms with E-state index in [1.165, 1.54) is 12.8 Å². The Bertz CT molecular complexity index is 624. The number of rotatable bonds is 4. The van der Waals surface area contributed by atoms with Gasteiger partial charge >= 0.3 is 0 Å². The zero-order chi connectivity index (χ0) is 16.5. The topological polar surface area (TPSA) is 52.7 Å². The summed E-state index contributed by atoms with van der Waals surface area (Å²) in [6.45, 7) is 2.87. The molecule has 5 heteroatoms.